The van der Waals surface area contributed by atoms with Crippen molar-refractivity contribution in [2.75, 3.05) is 49.6 Å². The van der Waals surface area contributed by atoms with E-state index in [-0.39, 0.29) is 0 Å². The third kappa shape index (κ3) is 4.05. The number of benzene rings is 1. The molecule has 2 aromatic rings. The molecule has 1 atom stereocenters. The number of rotatable bonds is 5. The molecule has 150 valence electrons. The molecule has 1 aromatic carbocycles. The lowest BCUT2D eigenvalue weighted by Crippen LogP contribution is -2.41. The van der Waals surface area contributed by atoms with Crippen molar-refractivity contribution in [3.8, 4) is 11.5 Å². The van der Waals surface area contributed by atoms with Crippen LogP contribution in [0.5, 0.6) is 11.5 Å². The second-order valence-electron chi connectivity index (χ2n) is 7.88. The van der Waals surface area contributed by atoms with Gasteiger partial charge in [0.05, 0.1) is 0 Å². The maximum atomic E-state index is 5.71. The Hall–Kier alpha value is -1.99. The van der Waals surface area contributed by atoms with Crippen LogP contribution in [0.25, 0.3) is 0 Å². The molecule has 1 N–H and O–H groups in total. The van der Waals surface area contributed by atoms with Crippen molar-refractivity contribution < 1.29 is 9.47 Å². The molecule has 2 fully saturated rings. The summed E-state index contributed by atoms with van der Waals surface area (Å²) in [5, 5.41) is 4.90. The first-order chi connectivity index (χ1) is 13.8. The number of likely N-dealkylation sites (tertiary alicyclic amines) is 1. The molecule has 0 spiro atoms. The van der Waals surface area contributed by atoms with Crippen molar-refractivity contribution in [2.24, 2.45) is 0 Å². The lowest BCUT2D eigenvalue weighted by molar-refractivity contribution is 0.171. The molecule has 1 aromatic heterocycles. The van der Waals surface area contributed by atoms with E-state index in [4.69, 9.17) is 9.47 Å². The van der Waals surface area contributed by atoms with Crippen LogP contribution in [0.4, 0.5) is 10.8 Å². The maximum absolute atomic E-state index is 5.71. The standard InChI is InChI=1S/C21H28N4O2S/c1-2-9-25(8-1)21-22-13-18(28-21)15-24-7-3-4-17(14-24)23-16-5-6-19-20(12-16)27-11-10-26-19/h5-6,12-13,17,23H,1-4,7-11,14-15H2. The molecule has 3 aliphatic rings. The van der Waals surface area contributed by atoms with Gasteiger partial charge in [0.15, 0.2) is 16.6 Å². The molecule has 2 saturated heterocycles. The number of nitrogens with one attached hydrogen (secondary N) is 1. The highest BCUT2D eigenvalue weighted by atomic mass is 32.1. The Morgan fingerprint density at radius 2 is 1.93 bits per heavy atom. The van der Waals surface area contributed by atoms with Gasteiger partial charge in [0.1, 0.15) is 13.2 Å². The predicted molar refractivity (Wildman–Crippen MR) is 113 cm³/mol. The second kappa shape index (κ2) is 8.17. The summed E-state index contributed by atoms with van der Waals surface area (Å²) in [7, 11) is 0. The quantitative estimate of drug-likeness (QED) is 0.828. The van der Waals surface area contributed by atoms with Crippen LogP contribution < -0.4 is 19.7 Å². The first-order valence-electron chi connectivity index (χ1n) is 10.4. The first kappa shape index (κ1) is 18.1. The highest BCUT2D eigenvalue weighted by molar-refractivity contribution is 7.15. The minimum atomic E-state index is 0.460. The van der Waals surface area contributed by atoms with Crippen molar-refractivity contribution in [1.82, 2.24) is 9.88 Å². The fraction of sp³-hybridized carbons (Fsp3) is 0.571. The highest BCUT2D eigenvalue weighted by Gasteiger charge is 2.22. The van der Waals surface area contributed by atoms with Crippen molar-refractivity contribution >= 4 is 22.2 Å². The SMILES string of the molecule is c1cc2c(cc1NC1CCCN(Cc3cnc(N4CCCC4)s3)C1)OCCO2. The Labute approximate surface area is 170 Å². The summed E-state index contributed by atoms with van der Waals surface area (Å²) in [5.41, 5.74) is 1.12. The predicted octanol–water partition coefficient (Wildman–Crippen LogP) is 3.59. The smallest absolute Gasteiger partial charge is 0.185 e. The number of anilines is 2. The molecule has 1 unspecified atom stereocenters. The van der Waals surface area contributed by atoms with Gasteiger partial charge in [0.25, 0.3) is 0 Å². The molecule has 3 aliphatic heterocycles. The number of aromatic nitrogens is 1. The minimum absolute atomic E-state index is 0.460. The number of fused-ring (bicyclic) bond motifs is 1. The molecule has 28 heavy (non-hydrogen) atoms. The van der Waals surface area contributed by atoms with Crippen LogP contribution in [0.1, 0.15) is 30.6 Å². The number of ether oxygens (including phenoxy) is 2. The molecule has 4 heterocycles. The summed E-state index contributed by atoms with van der Waals surface area (Å²) < 4.78 is 11.3. The summed E-state index contributed by atoms with van der Waals surface area (Å²) in [4.78, 5) is 11.0. The summed E-state index contributed by atoms with van der Waals surface area (Å²) in [5.74, 6) is 1.70. The summed E-state index contributed by atoms with van der Waals surface area (Å²) in [6.45, 7) is 6.82. The Bertz CT molecular complexity index is 805. The lowest BCUT2D eigenvalue weighted by Gasteiger charge is -2.33. The van der Waals surface area contributed by atoms with E-state index in [0.717, 1.165) is 49.9 Å². The average Bonchev–Trinajstić information content (AvgIpc) is 3.40. The van der Waals surface area contributed by atoms with Gasteiger partial charge in [-0.1, -0.05) is 0 Å². The van der Waals surface area contributed by atoms with Crippen molar-refractivity contribution in [2.45, 2.75) is 38.3 Å². The highest BCUT2D eigenvalue weighted by Crippen LogP contribution is 2.33. The third-order valence-electron chi connectivity index (χ3n) is 5.72. The Kier molecular flexibility index (Phi) is 5.27. The maximum Gasteiger partial charge on any atom is 0.185 e. The van der Waals surface area contributed by atoms with Gasteiger partial charge in [-0.05, 0) is 44.4 Å². The Morgan fingerprint density at radius 3 is 2.82 bits per heavy atom. The number of hydrogen-bond donors (Lipinski definition) is 1. The van der Waals surface area contributed by atoms with Gasteiger partial charge in [0.2, 0.25) is 0 Å². The van der Waals surface area contributed by atoms with Gasteiger partial charge in [-0.25, -0.2) is 4.98 Å². The molecular formula is C21H28N4O2S. The van der Waals surface area contributed by atoms with E-state index in [1.54, 1.807) is 0 Å². The largest absolute Gasteiger partial charge is 0.486 e. The van der Waals surface area contributed by atoms with E-state index in [9.17, 15) is 0 Å². The van der Waals surface area contributed by atoms with Gasteiger partial charge < -0.3 is 19.7 Å². The molecule has 5 rings (SSSR count). The Morgan fingerprint density at radius 1 is 1.07 bits per heavy atom. The Balaban J connectivity index is 1.18. The minimum Gasteiger partial charge on any atom is -0.486 e. The molecule has 7 heteroatoms. The normalized spacial score (nSPS) is 22.4. The van der Waals surface area contributed by atoms with E-state index in [0.29, 0.717) is 19.3 Å². The van der Waals surface area contributed by atoms with E-state index in [2.05, 4.69) is 38.4 Å². The van der Waals surface area contributed by atoms with E-state index >= 15 is 0 Å². The fourth-order valence-corrected chi connectivity index (χ4v) is 5.34. The van der Waals surface area contributed by atoms with Crippen LogP contribution in [-0.2, 0) is 6.54 Å². The second-order valence-corrected chi connectivity index (χ2v) is 8.97. The zero-order valence-electron chi connectivity index (χ0n) is 16.2. The number of nitrogens with zero attached hydrogens (tertiary/aromatic N) is 3. The number of hydrogen-bond acceptors (Lipinski definition) is 7. The molecule has 6 nitrogen and oxygen atoms in total. The zero-order chi connectivity index (χ0) is 18.8. The van der Waals surface area contributed by atoms with Crippen molar-refractivity contribution in [1.29, 1.82) is 0 Å². The molecule has 0 aliphatic carbocycles. The van der Waals surface area contributed by atoms with Crippen LogP contribution in [-0.4, -0.2) is 55.3 Å². The molecule has 0 amide bonds. The van der Waals surface area contributed by atoms with Crippen LogP contribution in [0.3, 0.4) is 0 Å². The lowest BCUT2D eigenvalue weighted by atomic mass is 10.1. The van der Waals surface area contributed by atoms with Gasteiger partial charge in [-0.2, -0.15) is 0 Å². The number of thiazole rings is 1. The van der Waals surface area contributed by atoms with Gasteiger partial charge in [0, 0.05) is 55.0 Å². The third-order valence-corrected chi connectivity index (χ3v) is 6.76. The summed E-state index contributed by atoms with van der Waals surface area (Å²) in [6, 6.07) is 6.63. The molecule has 0 radical (unpaired) electrons. The van der Waals surface area contributed by atoms with Crippen molar-refractivity contribution in [3.05, 3.63) is 29.3 Å². The monoisotopic (exact) mass is 400 g/mol. The number of piperidine rings is 1. The van der Waals surface area contributed by atoms with Gasteiger partial charge in [-0.15, -0.1) is 11.3 Å². The average molecular weight is 401 g/mol. The zero-order valence-corrected chi connectivity index (χ0v) is 17.0. The van der Waals surface area contributed by atoms with Gasteiger partial charge >= 0.3 is 0 Å². The summed E-state index contributed by atoms with van der Waals surface area (Å²) in [6.07, 6.45) is 7.10. The first-order valence-corrected chi connectivity index (χ1v) is 11.2. The molecule has 0 saturated carbocycles. The van der Waals surface area contributed by atoms with E-state index in [1.807, 2.05) is 17.4 Å². The van der Waals surface area contributed by atoms with Crippen molar-refractivity contribution in [3.63, 3.8) is 0 Å². The van der Waals surface area contributed by atoms with E-state index in [1.165, 1.54) is 35.7 Å². The van der Waals surface area contributed by atoms with Crippen LogP contribution in [0.15, 0.2) is 24.4 Å². The topological polar surface area (TPSA) is 49.9 Å². The van der Waals surface area contributed by atoms with Crippen LogP contribution >= 0.6 is 11.3 Å². The fourth-order valence-electron chi connectivity index (χ4n) is 4.33. The summed E-state index contributed by atoms with van der Waals surface area (Å²) >= 11 is 1.87. The van der Waals surface area contributed by atoms with Crippen LogP contribution in [0.2, 0.25) is 0 Å². The molecule has 0 bridgehead atoms. The van der Waals surface area contributed by atoms with Crippen LogP contribution in [0, 0.1) is 0 Å². The van der Waals surface area contributed by atoms with Gasteiger partial charge in [-0.3, -0.25) is 4.90 Å². The molecular weight excluding hydrogens is 372 g/mol. The van der Waals surface area contributed by atoms with E-state index < -0.39 is 0 Å².